The predicted octanol–water partition coefficient (Wildman–Crippen LogP) is 3.42. The van der Waals surface area contributed by atoms with Crippen molar-refractivity contribution in [3.63, 3.8) is 0 Å². The van der Waals surface area contributed by atoms with Gasteiger partial charge in [-0.25, -0.2) is 0 Å². The van der Waals surface area contributed by atoms with E-state index in [1.807, 2.05) is 41.9 Å². The van der Waals surface area contributed by atoms with Crippen LogP contribution in [0.2, 0.25) is 5.02 Å². The Labute approximate surface area is 173 Å². The van der Waals surface area contributed by atoms with Crippen LogP contribution in [-0.4, -0.2) is 58.7 Å². The van der Waals surface area contributed by atoms with Crippen molar-refractivity contribution in [1.29, 1.82) is 0 Å². The average Bonchev–Trinajstić information content (AvgIpc) is 3.10. The molecule has 6 heteroatoms. The maximum Gasteiger partial charge on any atom is 0.222 e. The zero-order valence-electron chi connectivity index (χ0n) is 17.0. The van der Waals surface area contributed by atoms with Crippen LogP contribution >= 0.6 is 11.6 Å². The smallest absolute Gasteiger partial charge is 0.222 e. The van der Waals surface area contributed by atoms with E-state index >= 15 is 0 Å². The van der Waals surface area contributed by atoms with Crippen molar-refractivity contribution in [3.8, 4) is 0 Å². The average molecular weight is 403 g/mol. The van der Waals surface area contributed by atoms with E-state index in [2.05, 4.69) is 22.1 Å². The van der Waals surface area contributed by atoms with Crippen molar-refractivity contribution < 1.29 is 4.79 Å². The molecule has 5 nitrogen and oxygen atoms in total. The van der Waals surface area contributed by atoms with E-state index in [0.717, 1.165) is 49.7 Å². The van der Waals surface area contributed by atoms with Crippen LogP contribution in [0.4, 0.5) is 0 Å². The van der Waals surface area contributed by atoms with Gasteiger partial charge >= 0.3 is 0 Å². The number of benzene rings is 1. The summed E-state index contributed by atoms with van der Waals surface area (Å²) in [6.07, 6.45) is 6.53. The molecule has 2 heterocycles. The van der Waals surface area contributed by atoms with Gasteiger partial charge in [-0.3, -0.25) is 9.48 Å². The minimum Gasteiger partial charge on any atom is -0.345 e. The molecule has 0 bridgehead atoms. The summed E-state index contributed by atoms with van der Waals surface area (Å²) in [5.74, 6) is 0.782. The third-order valence-electron chi connectivity index (χ3n) is 5.71. The summed E-state index contributed by atoms with van der Waals surface area (Å²) in [7, 11) is 3.86. The van der Waals surface area contributed by atoms with Crippen molar-refractivity contribution >= 4 is 17.5 Å². The Kier molecular flexibility index (Phi) is 7.51. The van der Waals surface area contributed by atoms with E-state index in [0.29, 0.717) is 12.3 Å². The van der Waals surface area contributed by atoms with Gasteiger partial charge in [-0.15, -0.1) is 0 Å². The van der Waals surface area contributed by atoms with Crippen molar-refractivity contribution in [1.82, 2.24) is 19.6 Å². The highest BCUT2D eigenvalue weighted by Crippen LogP contribution is 2.19. The molecule has 0 radical (unpaired) electrons. The van der Waals surface area contributed by atoms with E-state index in [9.17, 15) is 4.79 Å². The highest BCUT2D eigenvalue weighted by molar-refractivity contribution is 6.30. The van der Waals surface area contributed by atoms with Crippen molar-refractivity contribution in [2.24, 2.45) is 13.0 Å². The Bertz CT molecular complexity index is 758. The van der Waals surface area contributed by atoms with Gasteiger partial charge in [0.15, 0.2) is 0 Å². The molecule has 1 aromatic carbocycles. The molecular weight excluding hydrogens is 372 g/mol. The number of hydrogen-bond donors (Lipinski definition) is 0. The minimum absolute atomic E-state index is 0.222. The fourth-order valence-corrected chi connectivity index (χ4v) is 4.13. The molecule has 152 valence electrons. The first-order valence-corrected chi connectivity index (χ1v) is 10.6. The molecule has 1 fully saturated rings. The zero-order chi connectivity index (χ0) is 19.9. The molecule has 1 saturated heterocycles. The van der Waals surface area contributed by atoms with Crippen LogP contribution in [0.25, 0.3) is 0 Å². The summed E-state index contributed by atoms with van der Waals surface area (Å²) >= 11 is 5.97. The molecule has 1 aliphatic heterocycles. The number of hydrogen-bond acceptors (Lipinski definition) is 3. The maximum absolute atomic E-state index is 12.5. The number of amides is 1. The van der Waals surface area contributed by atoms with E-state index in [-0.39, 0.29) is 5.91 Å². The second kappa shape index (κ2) is 10.1. The van der Waals surface area contributed by atoms with E-state index < -0.39 is 0 Å². The molecule has 1 aromatic heterocycles. The topological polar surface area (TPSA) is 41.4 Å². The van der Waals surface area contributed by atoms with Crippen LogP contribution in [0, 0.1) is 5.92 Å². The number of aromatic nitrogens is 2. The van der Waals surface area contributed by atoms with Crippen LogP contribution < -0.4 is 0 Å². The van der Waals surface area contributed by atoms with Crippen LogP contribution in [-0.2, 0) is 24.7 Å². The van der Waals surface area contributed by atoms with E-state index in [4.69, 9.17) is 11.6 Å². The highest BCUT2D eigenvalue weighted by atomic mass is 35.5. The standard InChI is InChI=1S/C22H31ClN4O/c1-25(22(28)10-9-21-11-13-24-26(21)2)16-19-4-3-14-27(17-19)15-12-18-5-7-20(23)8-6-18/h5-8,11,13,19H,3-4,9-10,12,14-17H2,1-2H3. The minimum atomic E-state index is 0.222. The molecule has 0 aliphatic carbocycles. The third kappa shape index (κ3) is 6.08. The van der Waals surface area contributed by atoms with Crippen LogP contribution in [0.15, 0.2) is 36.5 Å². The third-order valence-corrected chi connectivity index (χ3v) is 5.96. The van der Waals surface area contributed by atoms with Gasteiger partial charge in [0.2, 0.25) is 5.91 Å². The van der Waals surface area contributed by atoms with Gasteiger partial charge in [0, 0.05) is 57.1 Å². The summed E-state index contributed by atoms with van der Waals surface area (Å²) in [6.45, 7) is 4.15. The first-order chi connectivity index (χ1) is 13.5. The van der Waals surface area contributed by atoms with Gasteiger partial charge in [0.25, 0.3) is 0 Å². The SMILES string of the molecule is CN(CC1CCCN(CCc2ccc(Cl)cc2)C1)C(=O)CCc1ccnn1C. The van der Waals surface area contributed by atoms with Gasteiger partial charge in [0.05, 0.1) is 0 Å². The Morgan fingerprint density at radius 2 is 2.04 bits per heavy atom. The summed E-state index contributed by atoms with van der Waals surface area (Å²) in [5, 5.41) is 4.95. The Balaban J connectivity index is 1.41. The number of piperidine rings is 1. The Morgan fingerprint density at radius 3 is 2.75 bits per heavy atom. The first-order valence-electron chi connectivity index (χ1n) is 10.2. The maximum atomic E-state index is 12.5. The molecule has 1 aliphatic rings. The molecule has 0 spiro atoms. The number of likely N-dealkylation sites (tertiary alicyclic amines) is 1. The summed E-state index contributed by atoms with van der Waals surface area (Å²) in [5.41, 5.74) is 2.43. The second-order valence-electron chi connectivity index (χ2n) is 7.91. The molecule has 0 saturated carbocycles. The Hall–Kier alpha value is -1.85. The number of carbonyl (C=O) groups excluding carboxylic acids is 1. The summed E-state index contributed by atoms with van der Waals surface area (Å²) < 4.78 is 1.84. The molecule has 2 aromatic rings. The highest BCUT2D eigenvalue weighted by Gasteiger charge is 2.22. The number of aryl methyl sites for hydroxylation is 2. The van der Waals surface area contributed by atoms with E-state index in [1.54, 1.807) is 6.20 Å². The fourth-order valence-electron chi connectivity index (χ4n) is 4.00. The van der Waals surface area contributed by atoms with Gasteiger partial charge in [-0.05, 0) is 61.9 Å². The fraction of sp³-hybridized carbons (Fsp3) is 0.545. The largest absolute Gasteiger partial charge is 0.345 e. The normalized spacial score (nSPS) is 17.6. The van der Waals surface area contributed by atoms with Crippen LogP contribution in [0.1, 0.15) is 30.5 Å². The molecule has 1 unspecified atom stereocenters. The molecule has 1 atom stereocenters. The lowest BCUT2D eigenvalue weighted by atomic mass is 9.97. The Morgan fingerprint density at radius 1 is 1.25 bits per heavy atom. The number of carbonyl (C=O) groups is 1. The molecule has 3 rings (SSSR count). The number of nitrogens with zero attached hydrogens (tertiary/aromatic N) is 4. The van der Waals surface area contributed by atoms with Crippen LogP contribution in [0.3, 0.4) is 0 Å². The van der Waals surface area contributed by atoms with Gasteiger partial charge in [0.1, 0.15) is 0 Å². The summed E-state index contributed by atoms with van der Waals surface area (Å²) in [6, 6.07) is 10.1. The first kappa shape index (κ1) is 20.9. The van der Waals surface area contributed by atoms with E-state index in [1.165, 1.54) is 18.4 Å². The molecule has 28 heavy (non-hydrogen) atoms. The number of rotatable bonds is 8. The summed E-state index contributed by atoms with van der Waals surface area (Å²) in [4.78, 5) is 17.0. The monoisotopic (exact) mass is 402 g/mol. The molecule has 0 N–H and O–H groups in total. The van der Waals surface area contributed by atoms with Gasteiger partial charge in [-0.1, -0.05) is 23.7 Å². The van der Waals surface area contributed by atoms with Gasteiger partial charge < -0.3 is 9.80 Å². The lowest BCUT2D eigenvalue weighted by Crippen LogP contribution is -2.42. The molecular formula is C22H31ClN4O. The second-order valence-corrected chi connectivity index (χ2v) is 8.34. The van der Waals surface area contributed by atoms with Gasteiger partial charge in [-0.2, -0.15) is 5.10 Å². The molecule has 1 amide bonds. The van der Waals surface area contributed by atoms with Crippen LogP contribution in [0.5, 0.6) is 0 Å². The quantitative estimate of drug-likeness (QED) is 0.679. The van der Waals surface area contributed by atoms with Crippen molar-refractivity contribution in [3.05, 3.63) is 52.8 Å². The lowest BCUT2D eigenvalue weighted by molar-refractivity contribution is -0.130. The van der Waals surface area contributed by atoms with Crippen molar-refractivity contribution in [2.75, 3.05) is 33.2 Å². The zero-order valence-corrected chi connectivity index (χ0v) is 17.7. The van der Waals surface area contributed by atoms with Crippen molar-refractivity contribution in [2.45, 2.75) is 32.1 Å². The predicted molar refractivity (Wildman–Crippen MR) is 113 cm³/mol. The lowest BCUT2D eigenvalue weighted by Gasteiger charge is -2.34. The number of halogens is 1.